The van der Waals surface area contributed by atoms with Gasteiger partial charge in [0.15, 0.2) is 0 Å². The van der Waals surface area contributed by atoms with Crippen molar-refractivity contribution in [3.8, 4) is 0 Å². The van der Waals surface area contributed by atoms with Gasteiger partial charge in [-0.2, -0.15) is 4.31 Å². The van der Waals surface area contributed by atoms with Crippen molar-refractivity contribution in [1.82, 2.24) is 14.1 Å². The molecular formula is C31H37N3O4S. The van der Waals surface area contributed by atoms with Crippen LogP contribution in [0.3, 0.4) is 0 Å². The Kier molecular flexibility index (Phi) is 9.90. The molecule has 0 unspecified atom stereocenters. The van der Waals surface area contributed by atoms with Crippen molar-refractivity contribution >= 4 is 21.8 Å². The lowest BCUT2D eigenvalue weighted by Crippen LogP contribution is -2.51. The molecule has 0 bridgehead atoms. The maximum absolute atomic E-state index is 13.8. The number of amides is 2. The molecule has 3 aromatic rings. The number of hydrogen-bond acceptors (Lipinski definition) is 4. The number of piperidine rings is 1. The van der Waals surface area contributed by atoms with Gasteiger partial charge in [0.25, 0.3) is 0 Å². The van der Waals surface area contributed by atoms with E-state index in [1.54, 1.807) is 30.3 Å². The molecule has 206 valence electrons. The lowest BCUT2D eigenvalue weighted by atomic mass is 10.0. The second kappa shape index (κ2) is 13.5. The monoisotopic (exact) mass is 547 g/mol. The predicted molar refractivity (Wildman–Crippen MR) is 152 cm³/mol. The number of carbonyl (C=O) groups excluding carboxylic acids is 2. The fraction of sp³-hybridized carbons (Fsp3) is 0.355. The van der Waals surface area contributed by atoms with Crippen molar-refractivity contribution in [2.45, 2.75) is 50.1 Å². The third kappa shape index (κ3) is 7.55. The summed E-state index contributed by atoms with van der Waals surface area (Å²) in [6.07, 6.45) is 2.26. The Bertz CT molecular complexity index is 1310. The Morgan fingerprint density at radius 1 is 0.821 bits per heavy atom. The summed E-state index contributed by atoms with van der Waals surface area (Å²) >= 11 is 0. The Morgan fingerprint density at radius 3 is 1.92 bits per heavy atom. The normalized spacial score (nSPS) is 14.4. The molecule has 0 spiro atoms. The van der Waals surface area contributed by atoms with E-state index in [1.807, 2.05) is 77.4 Å². The summed E-state index contributed by atoms with van der Waals surface area (Å²) in [5.41, 5.74) is 1.97. The maximum atomic E-state index is 13.8. The van der Waals surface area contributed by atoms with Crippen molar-refractivity contribution < 1.29 is 18.0 Å². The number of likely N-dealkylation sites (tertiary alicyclic amines) is 1. The van der Waals surface area contributed by atoms with E-state index in [0.717, 1.165) is 11.1 Å². The Balaban J connectivity index is 1.48. The first-order chi connectivity index (χ1) is 18.9. The van der Waals surface area contributed by atoms with Crippen LogP contribution in [0.1, 0.15) is 37.3 Å². The van der Waals surface area contributed by atoms with Gasteiger partial charge in [-0.05, 0) is 42.5 Å². The highest BCUT2D eigenvalue weighted by atomic mass is 32.2. The molecule has 8 heteroatoms. The average Bonchev–Trinajstić information content (AvgIpc) is 2.97. The summed E-state index contributed by atoms with van der Waals surface area (Å²) in [6, 6.07) is 27.7. The third-order valence-electron chi connectivity index (χ3n) is 7.14. The van der Waals surface area contributed by atoms with Crippen LogP contribution in [-0.2, 0) is 32.6 Å². The molecule has 1 fully saturated rings. The van der Waals surface area contributed by atoms with Crippen LogP contribution in [0.25, 0.3) is 0 Å². The third-order valence-corrected chi connectivity index (χ3v) is 9.00. The van der Waals surface area contributed by atoms with Gasteiger partial charge < -0.3 is 9.80 Å². The number of sulfonamides is 1. The van der Waals surface area contributed by atoms with E-state index >= 15 is 0 Å². The van der Waals surface area contributed by atoms with Gasteiger partial charge >= 0.3 is 0 Å². The highest BCUT2D eigenvalue weighted by Gasteiger charge is 2.33. The van der Waals surface area contributed by atoms with Crippen LogP contribution in [0.4, 0.5) is 0 Å². The van der Waals surface area contributed by atoms with Crippen LogP contribution in [0.5, 0.6) is 0 Å². The fourth-order valence-corrected chi connectivity index (χ4v) is 6.53. The minimum atomic E-state index is -3.81. The highest BCUT2D eigenvalue weighted by Crippen LogP contribution is 2.22. The van der Waals surface area contributed by atoms with Gasteiger partial charge in [0, 0.05) is 32.2 Å². The molecule has 4 rings (SSSR count). The smallest absolute Gasteiger partial charge is 0.243 e. The Morgan fingerprint density at radius 2 is 1.36 bits per heavy atom. The van der Waals surface area contributed by atoms with Crippen LogP contribution < -0.4 is 0 Å². The molecule has 0 aliphatic carbocycles. The molecule has 2 amide bonds. The van der Waals surface area contributed by atoms with Gasteiger partial charge in [-0.3, -0.25) is 9.59 Å². The topological polar surface area (TPSA) is 78.0 Å². The van der Waals surface area contributed by atoms with Gasteiger partial charge in [-0.1, -0.05) is 85.8 Å². The van der Waals surface area contributed by atoms with Crippen LogP contribution in [0.2, 0.25) is 0 Å². The Labute approximate surface area is 232 Å². The summed E-state index contributed by atoms with van der Waals surface area (Å²) in [4.78, 5) is 30.6. The van der Waals surface area contributed by atoms with E-state index in [4.69, 9.17) is 0 Å². The molecule has 0 saturated carbocycles. The summed E-state index contributed by atoms with van der Waals surface area (Å²) in [5.74, 6) is -0.135. The molecule has 0 atom stereocenters. The molecular weight excluding hydrogens is 510 g/mol. The van der Waals surface area contributed by atoms with Gasteiger partial charge in [-0.15, -0.1) is 0 Å². The number of hydrogen-bond donors (Lipinski definition) is 0. The minimum Gasteiger partial charge on any atom is -0.342 e. The van der Waals surface area contributed by atoms with E-state index in [0.29, 0.717) is 45.3 Å². The molecule has 3 aromatic carbocycles. The molecule has 1 aliphatic heterocycles. The van der Waals surface area contributed by atoms with Crippen molar-refractivity contribution in [2.24, 2.45) is 0 Å². The van der Waals surface area contributed by atoms with E-state index in [1.165, 1.54) is 4.31 Å². The van der Waals surface area contributed by atoms with Crippen molar-refractivity contribution in [2.75, 3.05) is 26.2 Å². The SMILES string of the molecule is CCCN(CC(=O)N(Cc1ccccc1)C1CCN(C(=O)Cc2ccccc2)CC1)S(=O)(=O)c1ccccc1. The summed E-state index contributed by atoms with van der Waals surface area (Å²) in [5, 5.41) is 0. The molecule has 0 N–H and O–H groups in total. The van der Waals surface area contributed by atoms with Crippen LogP contribution in [-0.4, -0.2) is 66.6 Å². The van der Waals surface area contributed by atoms with Crippen molar-refractivity contribution in [3.05, 3.63) is 102 Å². The van der Waals surface area contributed by atoms with Crippen LogP contribution >= 0.6 is 0 Å². The quantitative estimate of drug-likeness (QED) is 0.358. The summed E-state index contributed by atoms with van der Waals surface area (Å²) in [6.45, 7) is 3.47. The van der Waals surface area contributed by atoms with E-state index < -0.39 is 10.0 Å². The van der Waals surface area contributed by atoms with Crippen LogP contribution in [0, 0.1) is 0 Å². The summed E-state index contributed by atoms with van der Waals surface area (Å²) in [7, 11) is -3.81. The van der Waals surface area contributed by atoms with Crippen molar-refractivity contribution in [3.63, 3.8) is 0 Å². The lowest BCUT2D eigenvalue weighted by Gasteiger charge is -2.39. The zero-order valence-electron chi connectivity index (χ0n) is 22.5. The minimum absolute atomic E-state index is 0.0820. The number of rotatable bonds is 11. The average molecular weight is 548 g/mol. The second-order valence-corrected chi connectivity index (χ2v) is 11.9. The highest BCUT2D eigenvalue weighted by molar-refractivity contribution is 7.89. The second-order valence-electron chi connectivity index (χ2n) is 9.93. The molecule has 1 aliphatic rings. The zero-order valence-corrected chi connectivity index (χ0v) is 23.3. The molecule has 1 saturated heterocycles. The molecule has 0 aromatic heterocycles. The first-order valence-corrected chi connectivity index (χ1v) is 15.0. The summed E-state index contributed by atoms with van der Waals surface area (Å²) < 4.78 is 28.1. The van der Waals surface area contributed by atoms with Gasteiger partial charge in [0.05, 0.1) is 17.9 Å². The van der Waals surface area contributed by atoms with E-state index in [-0.39, 0.29) is 35.8 Å². The standard InChI is InChI=1S/C31H37N3O4S/c1-2-20-33(39(37,38)29-16-10-5-11-17-29)25-31(36)34(24-27-14-8-4-9-15-27)28-18-21-32(22-19-28)30(35)23-26-12-6-3-7-13-26/h3-17,28H,2,18-25H2,1H3. The van der Waals surface area contributed by atoms with Gasteiger partial charge in [-0.25, -0.2) is 8.42 Å². The molecule has 1 heterocycles. The number of nitrogens with zero attached hydrogens (tertiary/aromatic N) is 3. The fourth-order valence-electron chi connectivity index (χ4n) is 5.03. The molecule has 7 nitrogen and oxygen atoms in total. The maximum Gasteiger partial charge on any atom is 0.243 e. The van der Waals surface area contributed by atoms with Crippen molar-refractivity contribution in [1.29, 1.82) is 0 Å². The first-order valence-electron chi connectivity index (χ1n) is 13.6. The van der Waals surface area contributed by atoms with Gasteiger partial charge in [0.2, 0.25) is 21.8 Å². The first kappa shape index (κ1) is 28.5. The van der Waals surface area contributed by atoms with E-state index in [2.05, 4.69) is 0 Å². The Hall–Kier alpha value is -3.49. The largest absolute Gasteiger partial charge is 0.342 e. The lowest BCUT2D eigenvalue weighted by molar-refractivity contribution is -0.137. The van der Waals surface area contributed by atoms with Crippen LogP contribution in [0.15, 0.2) is 95.9 Å². The number of carbonyl (C=O) groups is 2. The predicted octanol–water partition coefficient (Wildman–Crippen LogP) is 4.35. The molecule has 0 radical (unpaired) electrons. The number of benzene rings is 3. The van der Waals surface area contributed by atoms with Gasteiger partial charge in [0.1, 0.15) is 0 Å². The molecule has 39 heavy (non-hydrogen) atoms. The zero-order chi connectivity index (χ0) is 27.7. The van der Waals surface area contributed by atoms with E-state index in [9.17, 15) is 18.0 Å².